The molecule has 0 saturated heterocycles. The molecule has 0 fully saturated rings. The van der Waals surface area contributed by atoms with Gasteiger partial charge < -0.3 is 5.32 Å². The second-order valence-electron chi connectivity index (χ2n) is 4.00. The molecule has 1 aliphatic rings. The Morgan fingerprint density at radius 2 is 2.28 bits per heavy atom. The molecule has 0 amide bonds. The van der Waals surface area contributed by atoms with Gasteiger partial charge in [0.25, 0.3) is 0 Å². The van der Waals surface area contributed by atoms with E-state index >= 15 is 0 Å². The number of rotatable bonds is 2. The Morgan fingerprint density at radius 3 is 2.94 bits per heavy atom. The molecule has 1 unspecified atom stereocenters. The number of anilines is 1. The molecule has 1 heterocycles. The fourth-order valence-corrected chi connectivity index (χ4v) is 2.91. The first-order valence-electron chi connectivity index (χ1n) is 5.72. The largest absolute Gasteiger partial charge is 0.331 e. The van der Waals surface area contributed by atoms with Gasteiger partial charge in [-0.15, -0.1) is 0 Å². The minimum absolute atomic E-state index is 0.0226. The van der Waals surface area contributed by atoms with Gasteiger partial charge >= 0.3 is 0 Å². The van der Waals surface area contributed by atoms with Crippen molar-refractivity contribution in [3.8, 4) is 0 Å². The lowest BCUT2D eigenvalue weighted by Crippen LogP contribution is -2.20. The molecule has 0 spiro atoms. The van der Waals surface area contributed by atoms with Crippen LogP contribution in [0.2, 0.25) is 5.02 Å². The Hall–Kier alpha value is -0.810. The summed E-state index contributed by atoms with van der Waals surface area (Å²) in [5.41, 5.74) is 0.0843. The lowest BCUT2D eigenvalue weighted by molar-refractivity contribution is 0.586. The van der Waals surface area contributed by atoms with Crippen LogP contribution < -0.4 is 5.32 Å². The number of hydrogen-bond donors (Lipinski definition) is 1. The van der Waals surface area contributed by atoms with Gasteiger partial charge in [-0.1, -0.05) is 30.3 Å². The van der Waals surface area contributed by atoms with Crippen molar-refractivity contribution >= 4 is 34.2 Å². The zero-order chi connectivity index (χ0) is 13.1. The second-order valence-corrected chi connectivity index (χ2v) is 5.49. The second kappa shape index (κ2) is 5.89. The van der Waals surface area contributed by atoms with Gasteiger partial charge in [0.1, 0.15) is 5.82 Å². The number of hydrogen-bond acceptors (Lipinski definition) is 3. The predicted molar refractivity (Wildman–Crippen MR) is 73.6 cm³/mol. The van der Waals surface area contributed by atoms with Crippen molar-refractivity contribution in [1.82, 2.24) is 0 Å². The van der Waals surface area contributed by atoms with Crippen molar-refractivity contribution in [2.24, 2.45) is 4.99 Å². The Labute approximate surface area is 114 Å². The van der Waals surface area contributed by atoms with E-state index in [0.29, 0.717) is 5.17 Å². The summed E-state index contributed by atoms with van der Waals surface area (Å²) in [6.45, 7) is 2.06. The van der Waals surface area contributed by atoms with Crippen LogP contribution in [0.5, 0.6) is 0 Å². The van der Waals surface area contributed by atoms with E-state index < -0.39 is 11.6 Å². The smallest absolute Gasteiger partial charge is 0.161 e. The standard InChI is InChI=1S/C12H13ClF2N2S/c1-2-8-3-4-18-12(16-8)17-11-9(13)5-7(14)6-10(11)15/h5-6,8H,2-4H2,1H3,(H,16,17). The fraction of sp³-hybridized carbons (Fsp3) is 0.417. The molecule has 0 radical (unpaired) electrons. The van der Waals surface area contributed by atoms with E-state index in [4.69, 9.17) is 11.6 Å². The van der Waals surface area contributed by atoms with Crippen LogP contribution >= 0.6 is 23.4 Å². The van der Waals surface area contributed by atoms with Gasteiger partial charge in [0.05, 0.1) is 16.8 Å². The van der Waals surface area contributed by atoms with E-state index in [0.717, 1.165) is 30.7 Å². The molecule has 2 nitrogen and oxygen atoms in total. The molecule has 0 aliphatic carbocycles. The summed E-state index contributed by atoms with van der Waals surface area (Å²) in [5, 5.41) is 3.51. The third kappa shape index (κ3) is 3.14. The molecule has 1 aromatic rings. The molecule has 98 valence electrons. The summed E-state index contributed by atoms with van der Waals surface area (Å²) in [6, 6.07) is 2.15. The van der Waals surface area contributed by atoms with E-state index in [1.54, 1.807) is 0 Å². The molecular weight excluding hydrogens is 278 g/mol. The van der Waals surface area contributed by atoms with Gasteiger partial charge in [0.15, 0.2) is 11.0 Å². The SMILES string of the molecule is CCC1CCSC(Nc2c(F)cc(F)cc2Cl)=N1. The van der Waals surface area contributed by atoms with Gasteiger partial charge in [0, 0.05) is 11.8 Å². The summed E-state index contributed by atoms with van der Waals surface area (Å²) in [7, 11) is 0. The van der Waals surface area contributed by atoms with Crippen molar-refractivity contribution in [2.75, 3.05) is 11.1 Å². The van der Waals surface area contributed by atoms with Gasteiger partial charge in [-0.2, -0.15) is 0 Å². The lowest BCUT2D eigenvalue weighted by Gasteiger charge is -2.20. The Kier molecular flexibility index (Phi) is 4.45. The van der Waals surface area contributed by atoms with Gasteiger partial charge in [-0.3, -0.25) is 4.99 Å². The molecule has 18 heavy (non-hydrogen) atoms. The third-order valence-electron chi connectivity index (χ3n) is 2.70. The van der Waals surface area contributed by atoms with Crippen LogP contribution in [-0.4, -0.2) is 17.0 Å². The molecule has 1 aromatic carbocycles. The fourth-order valence-electron chi connectivity index (χ4n) is 1.69. The molecule has 6 heteroatoms. The number of benzene rings is 1. The molecule has 1 N–H and O–H groups in total. The summed E-state index contributed by atoms with van der Waals surface area (Å²) in [4.78, 5) is 4.45. The molecule has 2 rings (SSSR count). The summed E-state index contributed by atoms with van der Waals surface area (Å²) >= 11 is 7.34. The van der Waals surface area contributed by atoms with Crippen molar-refractivity contribution in [1.29, 1.82) is 0 Å². The van der Waals surface area contributed by atoms with Crippen LogP contribution in [0, 0.1) is 11.6 Å². The van der Waals surface area contributed by atoms with Crippen molar-refractivity contribution in [3.05, 3.63) is 28.8 Å². The van der Waals surface area contributed by atoms with Gasteiger partial charge in [0.2, 0.25) is 0 Å². The highest BCUT2D eigenvalue weighted by Crippen LogP contribution is 2.29. The highest BCUT2D eigenvalue weighted by Gasteiger charge is 2.17. The van der Waals surface area contributed by atoms with Gasteiger partial charge in [-0.25, -0.2) is 8.78 Å². The Morgan fingerprint density at radius 1 is 1.50 bits per heavy atom. The number of halogens is 3. The van der Waals surface area contributed by atoms with Crippen molar-refractivity contribution in [2.45, 2.75) is 25.8 Å². The number of amidine groups is 1. The van der Waals surface area contributed by atoms with Crippen LogP contribution in [0.15, 0.2) is 17.1 Å². The van der Waals surface area contributed by atoms with Crippen LogP contribution in [-0.2, 0) is 0 Å². The Balaban J connectivity index is 2.21. The normalized spacial score (nSPS) is 19.6. The van der Waals surface area contributed by atoms with Crippen LogP contribution in [0.4, 0.5) is 14.5 Å². The molecule has 0 aromatic heterocycles. The van der Waals surface area contributed by atoms with E-state index in [1.165, 1.54) is 11.8 Å². The maximum absolute atomic E-state index is 13.6. The molecule has 1 atom stereocenters. The quantitative estimate of drug-likeness (QED) is 0.878. The first-order valence-corrected chi connectivity index (χ1v) is 7.08. The van der Waals surface area contributed by atoms with Crippen LogP contribution in [0.3, 0.4) is 0 Å². The maximum atomic E-state index is 13.6. The number of nitrogens with zero attached hydrogens (tertiary/aromatic N) is 1. The lowest BCUT2D eigenvalue weighted by atomic mass is 10.2. The van der Waals surface area contributed by atoms with Crippen LogP contribution in [0.1, 0.15) is 19.8 Å². The number of aliphatic imine (C=N–C) groups is 1. The first kappa shape index (κ1) is 13.6. The van der Waals surface area contributed by atoms with Crippen molar-refractivity contribution in [3.63, 3.8) is 0 Å². The highest BCUT2D eigenvalue weighted by molar-refractivity contribution is 8.14. The van der Waals surface area contributed by atoms with E-state index in [1.807, 2.05) is 0 Å². The Bertz CT molecular complexity index is 456. The average molecular weight is 291 g/mol. The summed E-state index contributed by atoms with van der Waals surface area (Å²) in [6.07, 6.45) is 1.97. The minimum atomic E-state index is -0.707. The number of nitrogens with one attached hydrogen (secondary N) is 1. The maximum Gasteiger partial charge on any atom is 0.161 e. The minimum Gasteiger partial charge on any atom is -0.331 e. The zero-order valence-corrected chi connectivity index (χ0v) is 11.4. The monoisotopic (exact) mass is 290 g/mol. The highest BCUT2D eigenvalue weighted by atomic mass is 35.5. The van der Waals surface area contributed by atoms with E-state index in [9.17, 15) is 8.78 Å². The zero-order valence-electron chi connectivity index (χ0n) is 9.84. The van der Waals surface area contributed by atoms with E-state index in [2.05, 4.69) is 17.2 Å². The van der Waals surface area contributed by atoms with Crippen molar-refractivity contribution < 1.29 is 8.78 Å². The summed E-state index contributed by atoms with van der Waals surface area (Å²) in [5.74, 6) is -0.459. The van der Waals surface area contributed by atoms with Gasteiger partial charge in [-0.05, 0) is 18.9 Å². The molecular formula is C12H13ClF2N2S. The summed E-state index contributed by atoms with van der Waals surface area (Å²) < 4.78 is 26.5. The average Bonchev–Trinajstić information content (AvgIpc) is 2.34. The number of thioether (sulfide) groups is 1. The molecule has 0 saturated carbocycles. The third-order valence-corrected chi connectivity index (χ3v) is 3.92. The predicted octanol–water partition coefficient (Wildman–Crippen LogP) is 4.30. The first-order chi connectivity index (χ1) is 8.60. The molecule has 0 bridgehead atoms. The van der Waals surface area contributed by atoms with E-state index in [-0.39, 0.29) is 16.8 Å². The van der Waals surface area contributed by atoms with Crippen LogP contribution in [0.25, 0.3) is 0 Å². The molecule has 1 aliphatic heterocycles. The topological polar surface area (TPSA) is 24.4 Å².